The summed E-state index contributed by atoms with van der Waals surface area (Å²) in [6, 6.07) is 10.2. The Morgan fingerprint density at radius 1 is 1.35 bits per heavy atom. The van der Waals surface area contributed by atoms with E-state index < -0.39 is 0 Å². The van der Waals surface area contributed by atoms with Crippen molar-refractivity contribution in [2.24, 2.45) is 0 Å². The van der Waals surface area contributed by atoms with Gasteiger partial charge in [-0.1, -0.05) is 19.1 Å². The summed E-state index contributed by atoms with van der Waals surface area (Å²) in [7, 11) is 0. The number of rotatable bonds is 5. The highest BCUT2D eigenvalue weighted by molar-refractivity contribution is 5.75. The highest BCUT2D eigenvalue weighted by Gasteiger charge is 2.39. The molecule has 3 rings (SSSR count). The van der Waals surface area contributed by atoms with Gasteiger partial charge in [0.15, 0.2) is 0 Å². The van der Waals surface area contributed by atoms with Crippen LogP contribution in [0.3, 0.4) is 0 Å². The zero-order valence-corrected chi connectivity index (χ0v) is 13.0. The number of carbonyl (C=O) groups is 1. The Bertz CT molecular complexity index is 677. The van der Waals surface area contributed by atoms with Crippen LogP contribution in [0.4, 0.5) is 9.18 Å². The normalized spacial score (nSPS) is 20.6. The van der Waals surface area contributed by atoms with Crippen molar-refractivity contribution in [1.82, 2.24) is 15.6 Å². The van der Waals surface area contributed by atoms with E-state index in [4.69, 9.17) is 0 Å². The van der Waals surface area contributed by atoms with Crippen LogP contribution in [0.2, 0.25) is 0 Å². The van der Waals surface area contributed by atoms with E-state index in [1.165, 1.54) is 12.1 Å². The maximum absolute atomic E-state index is 13.2. The van der Waals surface area contributed by atoms with Crippen molar-refractivity contribution in [1.29, 1.82) is 0 Å². The van der Waals surface area contributed by atoms with Gasteiger partial charge < -0.3 is 10.6 Å². The molecule has 5 heteroatoms. The molecule has 0 radical (unpaired) electrons. The molecule has 2 N–H and O–H groups in total. The van der Waals surface area contributed by atoms with Crippen LogP contribution in [-0.2, 0) is 0 Å². The minimum absolute atomic E-state index is 0.0376. The van der Waals surface area contributed by atoms with Gasteiger partial charge in [0, 0.05) is 24.4 Å². The second kappa shape index (κ2) is 6.77. The number of aromatic nitrogens is 1. The van der Waals surface area contributed by atoms with Crippen LogP contribution in [0.25, 0.3) is 0 Å². The van der Waals surface area contributed by atoms with E-state index in [0.29, 0.717) is 0 Å². The second-order valence-electron chi connectivity index (χ2n) is 5.86. The van der Waals surface area contributed by atoms with E-state index in [1.54, 1.807) is 18.5 Å². The highest BCUT2D eigenvalue weighted by atomic mass is 19.1. The molecule has 1 saturated carbocycles. The monoisotopic (exact) mass is 313 g/mol. The minimum atomic E-state index is -0.235. The largest absolute Gasteiger partial charge is 0.335 e. The van der Waals surface area contributed by atoms with Crippen LogP contribution in [0.1, 0.15) is 42.9 Å². The fraction of sp³-hybridized carbons (Fsp3) is 0.333. The molecular weight excluding hydrogens is 293 g/mol. The van der Waals surface area contributed by atoms with E-state index in [1.807, 2.05) is 25.1 Å². The molecule has 23 heavy (non-hydrogen) atoms. The summed E-state index contributed by atoms with van der Waals surface area (Å²) >= 11 is 0. The predicted molar refractivity (Wildman–Crippen MR) is 86.5 cm³/mol. The number of hydrogen-bond donors (Lipinski definition) is 2. The lowest BCUT2D eigenvalue weighted by atomic mass is 10.1. The SMILES string of the molecule is CC[C@H](NC(=O)N[C@@H]1C[C@H]1c1cccc(F)c1)c1ccncc1. The van der Waals surface area contributed by atoms with Crippen LogP contribution in [0.15, 0.2) is 48.8 Å². The summed E-state index contributed by atoms with van der Waals surface area (Å²) in [5.41, 5.74) is 1.98. The smallest absolute Gasteiger partial charge is 0.315 e. The first kappa shape index (κ1) is 15.5. The summed E-state index contributed by atoms with van der Waals surface area (Å²) in [6.45, 7) is 2.03. The molecule has 0 unspecified atom stereocenters. The zero-order valence-electron chi connectivity index (χ0n) is 13.0. The molecule has 4 nitrogen and oxygen atoms in total. The number of pyridine rings is 1. The van der Waals surface area contributed by atoms with Gasteiger partial charge in [-0.15, -0.1) is 0 Å². The molecule has 1 aliphatic carbocycles. The Balaban J connectivity index is 1.54. The van der Waals surface area contributed by atoms with Crippen molar-refractivity contribution >= 4 is 6.03 Å². The lowest BCUT2D eigenvalue weighted by Crippen LogP contribution is -2.39. The molecule has 0 spiro atoms. The molecule has 0 saturated heterocycles. The molecule has 1 aromatic carbocycles. The van der Waals surface area contributed by atoms with E-state index in [9.17, 15) is 9.18 Å². The summed E-state index contributed by atoms with van der Waals surface area (Å²) in [6.07, 6.45) is 5.09. The third kappa shape index (κ3) is 3.86. The Labute approximate surface area is 135 Å². The van der Waals surface area contributed by atoms with Crippen molar-refractivity contribution < 1.29 is 9.18 Å². The van der Waals surface area contributed by atoms with Crippen LogP contribution >= 0.6 is 0 Å². The summed E-state index contributed by atoms with van der Waals surface area (Å²) < 4.78 is 13.2. The Hall–Kier alpha value is -2.43. The standard InChI is InChI=1S/C18H20FN3O/c1-2-16(12-6-8-20-9-7-12)21-18(23)22-17-11-15(17)13-4-3-5-14(19)10-13/h3-10,15-17H,2,11H2,1H3,(H2,21,22,23)/t15-,16-,17+/m0/s1. The van der Waals surface area contributed by atoms with Gasteiger partial charge in [0.05, 0.1) is 6.04 Å². The maximum atomic E-state index is 13.2. The van der Waals surface area contributed by atoms with Gasteiger partial charge in [0.25, 0.3) is 0 Å². The van der Waals surface area contributed by atoms with Crippen LogP contribution in [0, 0.1) is 5.82 Å². The van der Waals surface area contributed by atoms with Crippen molar-refractivity contribution in [3.63, 3.8) is 0 Å². The number of nitrogens with zero attached hydrogens (tertiary/aromatic N) is 1. The fourth-order valence-corrected chi connectivity index (χ4v) is 2.85. The van der Waals surface area contributed by atoms with Crippen molar-refractivity contribution in [3.8, 4) is 0 Å². The van der Waals surface area contributed by atoms with Gasteiger partial charge >= 0.3 is 6.03 Å². The Kier molecular flexibility index (Phi) is 4.55. The van der Waals surface area contributed by atoms with Crippen molar-refractivity contribution in [2.75, 3.05) is 0 Å². The predicted octanol–water partition coefficient (Wildman–Crippen LogP) is 3.53. The van der Waals surface area contributed by atoms with Gasteiger partial charge in [0.2, 0.25) is 0 Å². The zero-order chi connectivity index (χ0) is 16.2. The topological polar surface area (TPSA) is 54.0 Å². The van der Waals surface area contributed by atoms with E-state index in [0.717, 1.165) is 24.0 Å². The van der Waals surface area contributed by atoms with Gasteiger partial charge in [-0.05, 0) is 48.2 Å². The minimum Gasteiger partial charge on any atom is -0.335 e. The molecule has 120 valence electrons. The van der Waals surface area contributed by atoms with Crippen molar-refractivity contribution in [3.05, 3.63) is 65.7 Å². The summed E-state index contributed by atoms with van der Waals surface area (Å²) in [4.78, 5) is 16.2. The van der Waals surface area contributed by atoms with E-state index >= 15 is 0 Å². The van der Waals surface area contributed by atoms with Gasteiger partial charge in [0.1, 0.15) is 5.82 Å². The molecular formula is C18H20FN3O. The van der Waals surface area contributed by atoms with Crippen LogP contribution < -0.4 is 10.6 Å². The van der Waals surface area contributed by atoms with Crippen molar-refractivity contribution in [2.45, 2.75) is 37.8 Å². The number of halogens is 1. The van der Waals surface area contributed by atoms with Crippen LogP contribution in [0.5, 0.6) is 0 Å². The summed E-state index contributed by atoms with van der Waals surface area (Å²) in [5.74, 6) is -0.0289. The van der Waals surface area contributed by atoms with E-state index in [-0.39, 0.29) is 29.8 Å². The fourth-order valence-electron chi connectivity index (χ4n) is 2.85. The lowest BCUT2D eigenvalue weighted by molar-refractivity contribution is 0.236. The maximum Gasteiger partial charge on any atom is 0.315 e. The first-order valence-electron chi connectivity index (χ1n) is 7.89. The number of carbonyl (C=O) groups excluding carboxylic acids is 1. The number of nitrogens with one attached hydrogen (secondary N) is 2. The number of amides is 2. The Morgan fingerprint density at radius 3 is 2.83 bits per heavy atom. The quantitative estimate of drug-likeness (QED) is 0.887. The number of hydrogen-bond acceptors (Lipinski definition) is 2. The highest BCUT2D eigenvalue weighted by Crippen LogP contribution is 2.40. The average molecular weight is 313 g/mol. The van der Waals surface area contributed by atoms with E-state index in [2.05, 4.69) is 15.6 Å². The molecule has 2 aromatic rings. The first-order valence-corrected chi connectivity index (χ1v) is 7.89. The first-order chi connectivity index (χ1) is 11.2. The Morgan fingerprint density at radius 2 is 2.13 bits per heavy atom. The third-order valence-corrected chi connectivity index (χ3v) is 4.21. The van der Waals surface area contributed by atoms with Gasteiger partial charge in [-0.2, -0.15) is 0 Å². The second-order valence-corrected chi connectivity index (χ2v) is 5.86. The molecule has 1 fully saturated rings. The molecule has 1 aromatic heterocycles. The molecule has 0 aliphatic heterocycles. The third-order valence-electron chi connectivity index (χ3n) is 4.21. The average Bonchev–Trinajstić information content (AvgIpc) is 3.32. The van der Waals surface area contributed by atoms with Crippen LogP contribution in [-0.4, -0.2) is 17.1 Å². The molecule has 2 amide bonds. The number of urea groups is 1. The molecule has 3 atom stereocenters. The molecule has 0 bridgehead atoms. The molecule has 1 heterocycles. The molecule has 1 aliphatic rings. The van der Waals surface area contributed by atoms with Gasteiger partial charge in [-0.25, -0.2) is 9.18 Å². The summed E-state index contributed by atoms with van der Waals surface area (Å²) in [5, 5.41) is 5.95. The lowest BCUT2D eigenvalue weighted by Gasteiger charge is -2.17. The number of benzene rings is 1. The van der Waals surface area contributed by atoms with Gasteiger partial charge in [-0.3, -0.25) is 4.98 Å².